The third kappa shape index (κ3) is 3.97. The molecule has 0 aliphatic carbocycles. The highest BCUT2D eigenvalue weighted by molar-refractivity contribution is 5.86. The molecule has 1 N–H and O–H groups in total. The number of amides is 1. The van der Waals surface area contributed by atoms with E-state index in [1.54, 1.807) is 18.2 Å². The normalized spacial score (nSPS) is 12.8. The number of benzene rings is 1. The molecule has 7 heteroatoms. The molecule has 0 spiro atoms. The van der Waals surface area contributed by atoms with E-state index in [0.29, 0.717) is 5.56 Å². The van der Waals surface area contributed by atoms with E-state index >= 15 is 0 Å². The smallest absolute Gasteiger partial charge is 0.471 e. The molecule has 0 heterocycles. The first-order chi connectivity index (χ1) is 8.73. The van der Waals surface area contributed by atoms with Crippen molar-refractivity contribution in [3.05, 3.63) is 35.9 Å². The summed E-state index contributed by atoms with van der Waals surface area (Å²) in [7, 11) is 0. The molecule has 1 amide bonds. The van der Waals surface area contributed by atoms with Gasteiger partial charge in [-0.1, -0.05) is 30.3 Å². The molecule has 0 aromatic heterocycles. The van der Waals surface area contributed by atoms with Gasteiger partial charge in [-0.25, -0.2) is 4.79 Å². The highest BCUT2D eigenvalue weighted by Crippen LogP contribution is 2.22. The summed E-state index contributed by atoms with van der Waals surface area (Å²) in [6, 6.07) is 6.33. The standard InChI is InChI=1S/C12H12F3NO3/c1-8(10(17)18)16(11(19)12(13,14)15)7-9-5-3-2-4-6-9/h2-6,8H,7H2,1H3,(H,17,18)/t8-/m0/s1. The second-order valence-electron chi connectivity index (χ2n) is 3.93. The van der Waals surface area contributed by atoms with E-state index in [-0.39, 0.29) is 4.90 Å². The van der Waals surface area contributed by atoms with Crippen LogP contribution in [0.5, 0.6) is 0 Å². The summed E-state index contributed by atoms with van der Waals surface area (Å²) in [5, 5.41) is 8.78. The van der Waals surface area contributed by atoms with Crippen molar-refractivity contribution in [1.82, 2.24) is 4.90 Å². The lowest BCUT2D eigenvalue weighted by molar-refractivity contribution is -0.190. The van der Waals surface area contributed by atoms with Crippen LogP contribution in [0.2, 0.25) is 0 Å². The van der Waals surface area contributed by atoms with Gasteiger partial charge in [0.15, 0.2) is 0 Å². The van der Waals surface area contributed by atoms with Gasteiger partial charge in [-0.15, -0.1) is 0 Å². The van der Waals surface area contributed by atoms with E-state index < -0.39 is 30.6 Å². The topological polar surface area (TPSA) is 57.6 Å². The summed E-state index contributed by atoms with van der Waals surface area (Å²) >= 11 is 0. The van der Waals surface area contributed by atoms with Gasteiger partial charge in [-0.05, 0) is 12.5 Å². The number of hydrogen-bond donors (Lipinski definition) is 1. The molecule has 1 rings (SSSR count). The molecule has 0 aliphatic heterocycles. The van der Waals surface area contributed by atoms with Crippen molar-refractivity contribution in [2.45, 2.75) is 25.7 Å². The van der Waals surface area contributed by atoms with Crippen LogP contribution < -0.4 is 0 Å². The number of carboxylic acid groups (broad SMARTS) is 1. The van der Waals surface area contributed by atoms with Gasteiger partial charge in [0.2, 0.25) is 0 Å². The number of rotatable bonds is 4. The molecule has 0 unspecified atom stereocenters. The Morgan fingerprint density at radius 1 is 1.26 bits per heavy atom. The van der Waals surface area contributed by atoms with Crippen molar-refractivity contribution >= 4 is 11.9 Å². The summed E-state index contributed by atoms with van der Waals surface area (Å²) in [6.07, 6.45) is -5.10. The molecule has 1 aromatic rings. The molecule has 0 radical (unpaired) electrons. The van der Waals surface area contributed by atoms with Crippen LogP contribution in [0, 0.1) is 0 Å². The van der Waals surface area contributed by atoms with Gasteiger partial charge in [-0.3, -0.25) is 4.79 Å². The Morgan fingerprint density at radius 2 is 1.79 bits per heavy atom. The maximum Gasteiger partial charge on any atom is 0.471 e. The molecule has 104 valence electrons. The van der Waals surface area contributed by atoms with E-state index in [1.807, 2.05) is 0 Å². The highest BCUT2D eigenvalue weighted by Gasteiger charge is 2.45. The number of nitrogens with zero attached hydrogens (tertiary/aromatic N) is 1. The van der Waals surface area contributed by atoms with Crippen LogP contribution >= 0.6 is 0 Å². The first kappa shape index (κ1) is 15.0. The lowest BCUT2D eigenvalue weighted by Crippen LogP contribution is -2.48. The molecule has 0 aliphatic rings. The summed E-state index contributed by atoms with van der Waals surface area (Å²) in [5.74, 6) is -3.65. The van der Waals surface area contributed by atoms with Gasteiger partial charge >= 0.3 is 18.1 Å². The molecule has 0 saturated heterocycles. The SMILES string of the molecule is C[C@@H](C(=O)O)N(Cc1ccccc1)C(=O)C(F)(F)F. The maximum atomic E-state index is 12.4. The summed E-state index contributed by atoms with van der Waals surface area (Å²) in [5.41, 5.74) is 0.424. The predicted octanol–water partition coefficient (Wildman–Crippen LogP) is 2.05. The van der Waals surface area contributed by atoms with Gasteiger partial charge in [0.05, 0.1) is 0 Å². The fourth-order valence-electron chi connectivity index (χ4n) is 1.46. The number of hydrogen-bond acceptors (Lipinski definition) is 2. The maximum absolute atomic E-state index is 12.4. The summed E-state index contributed by atoms with van der Waals surface area (Å²) in [4.78, 5) is 22.3. The van der Waals surface area contributed by atoms with Gasteiger partial charge in [0, 0.05) is 6.54 Å². The van der Waals surface area contributed by atoms with Gasteiger partial charge in [-0.2, -0.15) is 13.2 Å². The van der Waals surface area contributed by atoms with Gasteiger partial charge in [0.25, 0.3) is 0 Å². The van der Waals surface area contributed by atoms with Crippen molar-refractivity contribution < 1.29 is 27.9 Å². The minimum absolute atomic E-state index is 0.289. The third-order valence-electron chi connectivity index (χ3n) is 2.52. The quantitative estimate of drug-likeness (QED) is 0.915. The molecule has 1 aromatic carbocycles. The molecule has 4 nitrogen and oxygen atoms in total. The zero-order chi connectivity index (χ0) is 14.6. The molecule has 0 bridgehead atoms. The van der Waals surface area contributed by atoms with Crippen LogP contribution in [0.15, 0.2) is 30.3 Å². The van der Waals surface area contributed by atoms with Crippen LogP contribution in [-0.2, 0) is 16.1 Å². The monoisotopic (exact) mass is 275 g/mol. The number of carbonyl (C=O) groups is 2. The van der Waals surface area contributed by atoms with Crippen molar-refractivity contribution in [1.29, 1.82) is 0 Å². The van der Waals surface area contributed by atoms with Crippen LogP contribution in [-0.4, -0.2) is 34.1 Å². The number of halogens is 3. The molecular formula is C12H12F3NO3. The third-order valence-corrected chi connectivity index (χ3v) is 2.52. The van der Waals surface area contributed by atoms with Crippen LogP contribution in [0.1, 0.15) is 12.5 Å². The molecule has 1 atom stereocenters. The largest absolute Gasteiger partial charge is 0.480 e. The fraction of sp³-hybridized carbons (Fsp3) is 0.333. The first-order valence-electron chi connectivity index (χ1n) is 5.38. The lowest BCUT2D eigenvalue weighted by Gasteiger charge is -2.27. The Morgan fingerprint density at radius 3 is 2.21 bits per heavy atom. The second kappa shape index (κ2) is 5.73. The Kier molecular flexibility index (Phi) is 4.52. The van der Waals surface area contributed by atoms with Crippen LogP contribution in [0.25, 0.3) is 0 Å². The highest BCUT2D eigenvalue weighted by atomic mass is 19.4. The number of alkyl halides is 3. The molecule has 0 fully saturated rings. The lowest BCUT2D eigenvalue weighted by atomic mass is 10.1. The minimum atomic E-state index is -5.10. The van der Waals surface area contributed by atoms with Gasteiger partial charge < -0.3 is 10.0 Å². The van der Waals surface area contributed by atoms with Crippen molar-refractivity contribution in [3.8, 4) is 0 Å². The van der Waals surface area contributed by atoms with Crippen LogP contribution in [0.3, 0.4) is 0 Å². The zero-order valence-electron chi connectivity index (χ0n) is 10.0. The zero-order valence-corrected chi connectivity index (χ0v) is 10.0. The minimum Gasteiger partial charge on any atom is -0.480 e. The van der Waals surface area contributed by atoms with Crippen molar-refractivity contribution in [2.75, 3.05) is 0 Å². The van der Waals surface area contributed by atoms with Crippen molar-refractivity contribution in [3.63, 3.8) is 0 Å². The van der Waals surface area contributed by atoms with Gasteiger partial charge in [0.1, 0.15) is 6.04 Å². The van der Waals surface area contributed by atoms with Crippen molar-refractivity contribution in [2.24, 2.45) is 0 Å². The second-order valence-corrected chi connectivity index (χ2v) is 3.93. The molecular weight excluding hydrogens is 263 g/mol. The van der Waals surface area contributed by atoms with E-state index in [1.165, 1.54) is 12.1 Å². The Balaban J connectivity index is 3.00. The fourth-order valence-corrected chi connectivity index (χ4v) is 1.46. The van der Waals surface area contributed by atoms with E-state index in [2.05, 4.69) is 0 Å². The van der Waals surface area contributed by atoms with E-state index in [0.717, 1.165) is 6.92 Å². The number of aliphatic carboxylic acids is 1. The van der Waals surface area contributed by atoms with E-state index in [4.69, 9.17) is 5.11 Å². The number of carboxylic acids is 1. The Labute approximate surface area is 107 Å². The first-order valence-corrected chi connectivity index (χ1v) is 5.38. The molecule has 19 heavy (non-hydrogen) atoms. The predicted molar refractivity (Wildman–Crippen MR) is 60.1 cm³/mol. The average Bonchev–Trinajstić information content (AvgIpc) is 2.34. The summed E-state index contributed by atoms with van der Waals surface area (Å²) < 4.78 is 37.3. The summed E-state index contributed by atoms with van der Waals surface area (Å²) in [6.45, 7) is 0.627. The number of carbonyl (C=O) groups excluding carboxylic acids is 1. The van der Waals surface area contributed by atoms with E-state index in [9.17, 15) is 22.8 Å². The van der Waals surface area contributed by atoms with Crippen LogP contribution in [0.4, 0.5) is 13.2 Å². The Bertz CT molecular complexity index is 459. The average molecular weight is 275 g/mol. The Hall–Kier alpha value is -2.05. The molecule has 0 saturated carbocycles.